The van der Waals surface area contributed by atoms with E-state index >= 15 is 0 Å². The SMILES string of the molecule is O=C1c2[c-]cccc2-c2ccccc21.[Li+]. The summed E-state index contributed by atoms with van der Waals surface area (Å²) in [6.07, 6.45) is 0. The van der Waals surface area contributed by atoms with Crippen LogP contribution in [0.4, 0.5) is 0 Å². The maximum absolute atomic E-state index is 11.9. The fourth-order valence-electron chi connectivity index (χ4n) is 1.90. The smallest absolute Gasteiger partial charge is 0.346 e. The van der Waals surface area contributed by atoms with Gasteiger partial charge in [-0.25, -0.2) is 0 Å². The number of hydrogen-bond acceptors (Lipinski definition) is 1. The van der Waals surface area contributed by atoms with Crippen molar-refractivity contribution in [1.82, 2.24) is 0 Å². The second kappa shape index (κ2) is 3.70. The molecule has 0 saturated heterocycles. The van der Waals surface area contributed by atoms with Crippen LogP contribution in [0.3, 0.4) is 0 Å². The number of ketones is 1. The molecule has 1 aliphatic rings. The number of rotatable bonds is 0. The second-order valence-corrected chi connectivity index (χ2v) is 3.33. The Bertz CT molecular complexity index is 484. The third-order valence-corrected chi connectivity index (χ3v) is 2.55. The van der Waals surface area contributed by atoms with Crippen LogP contribution in [0.25, 0.3) is 11.1 Å². The van der Waals surface area contributed by atoms with Crippen molar-refractivity contribution in [2.45, 2.75) is 0 Å². The van der Waals surface area contributed by atoms with Gasteiger partial charge in [-0.3, -0.25) is 0 Å². The van der Waals surface area contributed by atoms with E-state index in [4.69, 9.17) is 0 Å². The van der Waals surface area contributed by atoms with E-state index in [0.29, 0.717) is 5.56 Å². The molecule has 0 radical (unpaired) electrons. The monoisotopic (exact) mass is 186 g/mol. The van der Waals surface area contributed by atoms with Crippen LogP contribution in [0.15, 0.2) is 42.5 Å². The number of carbonyl (C=O) groups is 1. The molecular weight excluding hydrogens is 179 g/mol. The molecule has 1 nitrogen and oxygen atoms in total. The van der Waals surface area contributed by atoms with Crippen molar-refractivity contribution in [3.63, 3.8) is 0 Å². The van der Waals surface area contributed by atoms with Crippen molar-refractivity contribution >= 4 is 5.78 Å². The fraction of sp³-hybridized carbons (Fsp3) is 0. The van der Waals surface area contributed by atoms with Gasteiger partial charge in [0.15, 0.2) is 0 Å². The van der Waals surface area contributed by atoms with E-state index in [2.05, 4.69) is 6.07 Å². The van der Waals surface area contributed by atoms with Gasteiger partial charge in [-0.05, 0) is 5.56 Å². The molecule has 0 saturated carbocycles. The summed E-state index contributed by atoms with van der Waals surface area (Å²) in [4.78, 5) is 11.9. The van der Waals surface area contributed by atoms with E-state index in [-0.39, 0.29) is 24.6 Å². The van der Waals surface area contributed by atoms with Crippen LogP contribution in [0.2, 0.25) is 0 Å². The van der Waals surface area contributed by atoms with Gasteiger partial charge >= 0.3 is 18.9 Å². The molecule has 0 aromatic heterocycles. The van der Waals surface area contributed by atoms with Crippen molar-refractivity contribution in [2.75, 3.05) is 0 Å². The Labute approximate surface area is 100 Å². The first-order valence-electron chi connectivity index (χ1n) is 4.53. The first-order chi connectivity index (χ1) is 6.88. The Hall–Kier alpha value is -1.29. The van der Waals surface area contributed by atoms with Crippen molar-refractivity contribution in [2.24, 2.45) is 0 Å². The molecule has 0 fully saturated rings. The first-order valence-corrected chi connectivity index (χ1v) is 4.53. The van der Waals surface area contributed by atoms with Crippen molar-refractivity contribution in [3.05, 3.63) is 59.7 Å². The van der Waals surface area contributed by atoms with Gasteiger partial charge in [0.25, 0.3) is 0 Å². The maximum Gasteiger partial charge on any atom is 1.00 e. The average molecular weight is 186 g/mol. The number of hydrogen-bond donors (Lipinski definition) is 0. The zero-order chi connectivity index (χ0) is 9.54. The molecule has 2 aromatic rings. The minimum atomic E-state index is 0. The van der Waals surface area contributed by atoms with Crippen molar-refractivity contribution < 1.29 is 23.7 Å². The van der Waals surface area contributed by atoms with Gasteiger partial charge in [0.1, 0.15) is 5.78 Å². The minimum absolute atomic E-state index is 0. The van der Waals surface area contributed by atoms with E-state index in [1.807, 2.05) is 36.4 Å². The zero-order valence-corrected chi connectivity index (χ0v) is 8.45. The molecule has 15 heavy (non-hydrogen) atoms. The molecule has 1 aliphatic carbocycles. The quantitative estimate of drug-likeness (QED) is 0.348. The Morgan fingerprint density at radius 2 is 1.53 bits per heavy atom. The number of benzene rings is 2. The first kappa shape index (κ1) is 10.2. The molecule has 2 aromatic carbocycles. The molecule has 0 atom stereocenters. The summed E-state index contributed by atoms with van der Waals surface area (Å²) in [5.41, 5.74) is 3.54. The van der Waals surface area contributed by atoms with Crippen LogP contribution in [0.1, 0.15) is 15.9 Å². The van der Waals surface area contributed by atoms with Gasteiger partial charge in [0, 0.05) is 0 Å². The van der Waals surface area contributed by atoms with Crippen LogP contribution < -0.4 is 18.9 Å². The van der Waals surface area contributed by atoms with E-state index in [1.54, 1.807) is 6.07 Å². The molecular formula is C13H7LiO. The zero-order valence-electron chi connectivity index (χ0n) is 8.45. The molecule has 66 valence electrons. The molecule has 2 heteroatoms. The van der Waals surface area contributed by atoms with Crippen LogP contribution in [0, 0.1) is 6.07 Å². The molecule has 0 amide bonds. The average Bonchev–Trinajstić information content (AvgIpc) is 2.55. The largest absolute Gasteiger partial charge is 1.00 e. The van der Waals surface area contributed by atoms with Crippen molar-refractivity contribution in [3.8, 4) is 11.1 Å². The van der Waals surface area contributed by atoms with Crippen LogP contribution in [-0.2, 0) is 0 Å². The third-order valence-electron chi connectivity index (χ3n) is 2.55. The molecule has 0 unspecified atom stereocenters. The molecule has 0 heterocycles. The summed E-state index contributed by atoms with van der Waals surface area (Å²) in [7, 11) is 0. The summed E-state index contributed by atoms with van der Waals surface area (Å²) < 4.78 is 0. The van der Waals surface area contributed by atoms with Gasteiger partial charge in [-0.1, -0.05) is 41.0 Å². The summed E-state index contributed by atoms with van der Waals surface area (Å²) in [6.45, 7) is 0. The predicted octanol–water partition coefficient (Wildman–Crippen LogP) is -0.298. The molecule has 0 spiro atoms. The minimum Gasteiger partial charge on any atom is -0.346 e. The standard InChI is InChI=1S/C13H7O.Li/c14-13-11-7-3-1-5-9(11)10-6-2-4-8-12(10)13;/h1-7H;/q-1;+1. The van der Waals surface area contributed by atoms with Gasteiger partial charge in [-0.15, -0.1) is 24.3 Å². The number of fused-ring (bicyclic) bond motifs is 3. The van der Waals surface area contributed by atoms with Crippen molar-refractivity contribution in [1.29, 1.82) is 0 Å². The normalized spacial score (nSPS) is 11.6. The van der Waals surface area contributed by atoms with Crippen LogP contribution in [0.5, 0.6) is 0 Å². The fourth-order valence-corrected chi connectivity index (χ4v) is 1.90. The third kappa shape index (κ3) is 1.36. The Kier molecular flexibility index (Phi) is 2.52. The maximum atomic E-state index is 11.9. The van der Waals surface area contributed by atoms with E-state index in [0.717, 1.165) is 16.7 Å². The Morgan fingerprint density at radius 1 is 0.867 bits per heavy atom. The second-order valence-electron chi connectivity index (χ2n) is 3.33. The van der Waals surface area contributed by atoms with E-state index in [1.165, 1.54) is 0 Å². The molecule has 0 bridgehead atoms. The van der Waals surface area contributed by atoms with Crippen LogP contribution in [-0.4, -0.2) is 5.78 Å². The topological polar surface area (TPSA) is 17.1 Å². The van der Waals surface area contributed by atoms with Gasteiger partial charge < -0.3 is 4.79 Å². The summed E-state index contributed by atoms with van der Waals surface area (Å²) in [5, 5.41) is 0. The van der Waals surface area contributed by atoms with Gasteiger partial charge in [0.05, 0.1) is 0 Å². The van der Waals surface area contributed by atoms with Crippen LogP contribution >= 0.6 is 0 Å². The Balaban J connectivity index is 0.000000853. The summed E-state index contributed by atoms with van der Waals surface area (Å²) in [5.74, 6) is 0.0937. The van der Waals surface area contributed by atoms with E-state index < -0.39 is 0 Å². The van der Waals surface area contributed by atoms with Gasteiger partial charge in [0.2, 0.25) is 0 Å². The summed E-state index contributed by atoms with van der Waals surface area (Å²) in [6, 6.07) is 16.3. The Morgan fingerprint density at radius 3 is 2.33 bits per heavy atom. The number of carbonyl (C=O) groups excluding carboxylic acids is 1. The van der Waals surface area contributed by atoms with E-state index in [9.17, 15) is 4.79 Å². The van der Waals surface area contributed by atoms with Gasteiger partial charge in [-0.2, -0.15) is 0 Å². The molecule has 0 aliphatic heterocycles. The molecule has 3 rings (SSSR count). The predicted molar refractivity (Wildman–Crippen MR) is 54.1 cm³/mol. The molecule has 0 N–H and O–H groups in total. The summed E-state index contributed by atoms with van der Waals surface area (Å²) >= 11 is 0.